The molecule has 0 radical (unpaired) electrons. The molecule has 4 nitrogen and oxygen atoms in total. The van der Waals surface area contributed by atoms with Crippen LogP contribution in [0.1, 0.15) is 26.2 Å². The second kappa shape index (κ2) is 5.45. The maximum atomic E-state index is 10.5. The van der Waals surface area contributed by atoms with Gasteiger partial charge in [0.25, 0.3) is 0 Å². The van der Waals surface area contributed by atoms with E-state index in [1.807, 2.05) is 0 Å². The van der Waals surface area contributed by atoms with Crippen molar-refractivity contribution in [3.63, 3.8) is 0 Å². The molecule has 2 saturated heterocycles. The van der Waals surface area contributed by atoms with Gasteiger partial charge in [0.15, 0.2) is 0 Å². The molecule has 0 aromatic rings. The van der Waals surface area contributed by atoms with Crippen molar-refractivity contribution in [2.24, 2.45) is 0 Å². The van der Waals surface area contributed by atoms with Gasteiger partial charge in [0.2, 0.25) is 0 Å². The monoisotopic (exact) mass is 227 g/mol. The summed E-state index contributed by atoms with van der Waals surface area (Å²) in [5.74, 6) is 0. The van der Waals surface area contributed by atoms with Gasteiger partial charge in [0.05, 0.1) is 5.60 Å². The molecule has 2 fully saturated rings. The van der Waals surface area contributed by atoms with E-state index in [2.05, 4.69) is 22.5 Å². The fraction of sp³-hybridized carbons (Fsp3) is 1.00. The molecule has 1 atom stereocenters. The minimum absolute atomic E-state index is 0.455. The van der Waals surface area contributed by atoms with E-state index in [4.69, 9.17) is 0 Å². The summed E-state index contributed by atoms with van der Waals surface area (Å²) in [4.78, 5) is 2.45. The highest BCUT2D eigenvalue weighted by molar-refractivity contribution is 4.90. The SMILES string of the molecule is CCN(CC1(O)CCNCC1)C1CCNC1. The lowest BCUT2D eigenvalue weighted by atomic mass is 9.91. The van der Waals surface area contributed by atoms with Gasteiger partial charge in [0.1, 0.15) is 0 Å². The summed E-state index contributed by atoms with van der Waals surface area (Å²) in [5.41, 5.74) is -0.455. The normalized spacial score (nSPS) is 29.8. The van der Waals surface area contributed by atoms with Crippen LogP contribution in [-0.2, 0) is 0 Å². The quantitative estimate of drug-likeness (QED) is 0.622. The van der Waals surface area contributed by atoms with E-state index in [0.29, 0.717) is 6.04 Å². The van der Waals surface area contributed by atoms with Crippen LogP contribution in [0.25, 0.3) is 0 Å². The Morgan fingerprint density at radius 2 is 2.00 bits per heavy atom. The number of hydrogen-bond donors (Lipinski definition) is 3. The van der Waals surface area contributed by atoms with Crippen LogP contribution in [0, 0.1) is 0 Å². The van der Waals surface area contributed by atoms with Crippen LogP contribution in [-0.4, -0.2) is 60.9 Å². The van der Waals surface area contributed by atoms with Gasteiger partial charge in [-0.25, -0.2) is 0 Å². The fourth-order valence-corrected chi connectivity index (χ4v) is 2.88. The molecule has 2 aliphatic heterocycles. The Balaban J connectivity index is 1.89. The Hall–Kier alpha value is -0.160. The second-order valence-corrected chi connectivity index (χ2v) is 5.18. The van der Waals surface area contributed by atoms with Gasteiger partial charge in [0, 0.05) is 19.1 Å². The predicted octanol–water partition coefficient (Wildman–Crippen LogP) is -0.215. The molecule has 0 amide bonds. The zero-order valence-electron chi connectivity index (χ0n) is 10.3. The molecule has 0 spiro atoms. The molecular weight excluding hydrogens is 202 g/mol. The van der Waals surface area contributed by atoms with Crippen molar-refractivity contribution >= 4 is 0 Å². The third kappa shape index (κ3) is 2.94. The number of rotatable bonds is 4. The van der Waals surface area contributed by atoms with Crippen LogP contribution in [0.2, 0.25) is 0 Å². The molecule has 16 heavy (non-hydrogen) atoms. The Morgan fingerprint density at radius 3 is 2.56 bits per heavy atom. The van der Waals surface area contributed by atoms with Crippen molar-refractivity contribution < 1.29 is 5.11 Å². The van der Waals surface area contributed by atoms with E-state index in [0.717, 1.165) is 52.1 Å². The first kappa shape index (κ1) is 12.3. The van der Waals surface area contributed by atoms with Gasteiger partial charge >= 0.3 is 0 Å². The summed E-state index contributed by atoms with van der Waals surface area (Å²) in [7, 11) is 0. The Kier molecular flexibility index (Phi) is 4.19. The lowest BCUT2D eigenvalue weighted by molar-refractivity contribution is -0.0279. The zero-order chi connectivity index (χ0) is 11.4. The highest BCUT2D eigenvalue weighted by Crippen LogP contribution is 2.21. The Morgan fingerprint density at radius 1 is 1.25 bits per heavy atom. The third-order valence-corrected chi connectivity index (χ3v) is 3.99. The van der Waals surface area contributed by atoms with Crippen LogP contribution in [0.3, 0.4) is 0 Å². The van der Waals surface area contributed by atoms with Gasteiger partial charge < -0.3 is 15.7 Å². The summed E-state index contributed by atoms with van der Waals surface area (Å²) in [6.45, 7) is 8.21. The summed E-state index contributed by atoms with van der Waals surface area (Å²) >= 11 is 0. The van der Waals surface area contributed by atoms with Crippen molar-refractivity contribution in [1.29, 1.82) is 0 Å². The van der Waals surface area contributed by atoms with E-state index in [1.165, 1.54) is 6.42 Å². The fourth-order valence-electron chi connectivity index (χ4n) is 2.88. The van der Waals surface area contributed by atoms with E-state index in [-0.39, 0.29) is 0 Å². The number of nitrogens with zero attached hydrogens (tertiary/aromatic N) is 1. The molecule has 0 bridgehead atoms. The number of likely N-dealkylation sites (N-methyl/N-ethyl adjacent to an activating group) is 1. The molecule has 3 N–H and O–H groups in total. The van der Waals surface area contributed by atoms with Crippen molar-refractivity contribution in [3.05, 3.63) is 0 Å². The van der Waals surface area contributed by atoms with Gasteiger partial charge in [-0.3, -0.25) is 4.90 Å². The number of hydrogen-bond acceptors (Lipinski definition) is 4. The van der Waals surface area contributed by atoms with Crippen molar-refractivity contribution in [3.8, 4) is 0 Å². The van der Waals surface area contributed by atoms with Gasteiger partial charge in [-0.1, -0.05) is 6.92 Å². The van der Waals surface area contributed by atoms with E-state index < -0.39 is 5.60 Å². The third-order valence-electron chi connectivity index (χ3n) is 3.99. The molecule has 1 unspecified atom stereocenters. The highest BCUT2D eigenvalue weighted by atomic mass is 16.3. The molecule has 94 valence electrons. The average molecular weight is 227 g/mol. The molecular formula is C12H25N3O. The van der Waals surface area contributed by atoms with Crippen LogP contribution in [0.4, 0.5) is 0 Å². The second-order valence-electron chi connectivity index (χ2n) is 5.18. The molecule has 2 aliphatic rings. The van der Waals surface area contributed by atoms with Crippen molar-refractivity contribution in [2.45, 2.75) is 37.8 Å². The van der Waals surface area contributed by atoms with Crippen molar-refractivity contribution in [2.75, 3.05) is 39.3 Å². The van der Waals surface area contributed by atoms with Gasteiger partial charge in [-0.2, -0.15) is 0 Å². The number of nitrogens with one attached hydrogen (secondary N) is 2. The van der Waals surface area contributed by atoms with E-state index in [1.54, 1.807) is 0 Å². The lowest BCUT2D eigenvalue weighted by Gasteiger charge is -2.39. The van der Waals surface area contributed by atoms with Gasteiger partial charge in [-0.15, -0.1) is 0 Å². The van der Waals surface area contributed by atoms with Crippen LogP contribution < -0.4 is 10.6 Å². The first-order chi connectivity index (χ1) is 7.73. The largest absolute Gasteiger partial charge is 0.388 e. The molecule has 2 rings (SSSR count). The van der Waals surface area contributed by atoms with Crippen LogP contribution in [0.15, 0.2) is 0 Å². The Bertz CT molecular complexity index is 210. The molecule has 0 aromatic carbocycles. The van der Waals surface area contributed by atoms with E-state index in [9.17, 15) is 5.11 Å². The van der Waals surface area contributed by atoms with Crippen LogP contribution >= 0.6 is 0 Å². The minimum Gasteiger partial charge on any atom is -0.388 e. The van der Waals surface area contributed by atoms with Gasteiger partial charge in [-0.05, 0) is 45.4 Å². The van der Waals surface area contributed by atoms with Crippen LogP contribution in [0.5, 0.6) is 0 Å². The lowest BCUT2D eigenvalue weighted by Crippen LogP contribution is -2.52. The first-order valence-corrected chi connectivity index (χ1v) is 6.61. The standard InChI is InChI=1S/C12H25N3O/c1-2-15(11-3-6-14-9-11)10-12(16)4-7-13-8-5-12/h11,13-14,16H,2-10H2,1H3. The maximum absolute atomic E-state index is 10.5. The molecule has 2 heterocycles. The van der Waals surface area contributed by atoms with E-state index >= 15 is 0 Å². The Labute approximate surface area is 98.4 Å². The summed E-state index contributed by atoms with van der Waals surface area (Å²) in [5, 5.41) is 17.2. The molecule has 0 aromatic heterocycles. The number of aliphatic hydroxyl groups is 1. The molecule has 0 aliphatic carbocycles. The van der Waals surface area contributed by atoms with Crippen molar-refractivity contribution in [1.82, 2.24) is 15.5 Å². The smallest absolute Gasteiger partial charge is 0.0798 e. The molecule has 0 saturated carbocycles. The first-order valence-electron chi connectivity index (χ1n) is 6.61. The highest BCUT2D eigenvalue weighted by Gasteiger charge is 2.33. The minimum atomic E-state index is -0.455. The summed E-state index contributed by atoms with van der Waals surface area (Å²) in [6, 6.07) is 0.629. The zero-order valence-corrected chi connectivity index (χ0v) is 10.3. The molecule has 4 heteroatoms. The topological polar surface area (TPSA) is 47.5 Å². The predicted molar refractivity (Wildman–Crippen MR) is 65.6 cm³/mol. The average Bonchev–Trinajstić information content (AvgIpc) is 2.80. The number of piperidine rings is 1. The summed E-state index contributed by atoms with van der Waals surface area (Å²) in [6.07, 6.45) is 3.01. The summed E-state index contributed by atoms with van der Waals surface area (Å²) < 4.78 is 0. The maximum Gasteiger partial charge on any atom is 0.0798 e.